The molecule has 0 aliphatic carbocycles. The van der Waals surface area contributed by atoms with Crippen molar-refractivity contribution in [1.82, 2.24) is 9.97 Å². The van der Waals surface area contributed by atoms with Crippen molar-refractivity contribution in [1.29, 1.82) is 0 Å². The fourth-order valence-corrected chi connectivity index (χ4v) is 2.39. The summed E-state index contributed by atoms with van der Waals surface area (Å²) in [6, 6.07) is 4.15. The highest BCUT2D eigenvalue weighted by Crippen LogP contribution is 2.20. The van der Waals surface area contributed by atoms with Crippen molar-refractivity contribution in [2.75, 3.05) is 11.4 Å². The van der Waals surface area contributed by atoms with Crippen molar-refractivity contribution in [3.05, 3.63) is 40.5 Å². The molecule has 0 saturated heterocycles. The summed E-state index contributed by atoms with van der Waals surface area (Å²) in [5, 5.41) is 11.4. The van der Waals surface area contributed by atoms with Crippen LogP contribution in [0.3, 0.4) is 0 Å². The second-order valence-corrected chi connectivity index (χ2v) is 4.66. The van der Waals surface area contributed by atoms with Crippen LogP contribution in [0.4, 0.5) is 5.82 Å². The Kier molecular flexibility index (Phi) is 4.06. The second kappa shape index (κ2) is 5.75. The molecule has 0 bridgehead atoms. The molecule has 1 N–H and O–H groups in total. The number of anilines is 1. The van der Waals surface area contributed by atoms with Gasteiger partial charge in [0.05, 0.1) is 13.2 Å². The zero-order valence-electron chi connectivity index (χ0n) is 9.71. The number of hydrogen-bond acceptors (Lipinski definition) is 5. The van der Waals surface area contributed by atoms with Crippen LogP contribution >= 0.6 is 11.3 Å². The lowest BCUT2D eigenvalue weighted by Gasteiger charge is -2.22. The van der Waals surface area contributed by atoms with Crippen LogP contribution in [0.1, 0.15) is 17.4 Å². The molecule has 0 spiro atoms. The number of thiophene rings is 1. The first kappa shape index (κ1) is 12.0. The molecular weight excluding hydrogens is 234 g/mol. The van der Waals surface area contributed by atoms with Crippen LogP contribution in [0.25, 0.3) is 0 Å². The van der Waals surface area contributed by atoms with Gasteiger partial charge >= 0.3 is 0 Å². The standard InChI is InChI=1S/C12H15N3OS/c1-2-15(7-11-4-3-5-17-11)12-10(8-16)6-13-9-14-12/h3-6,9,16H,2,7-8H2,1H3. The van der Waals surface area contributed by atoms with Crippen LogP contribution < -0.4 is 4.90 Å². The molecule has 2 aromatic heterocycles. The quantitative estimate of drug-likeness (QED) is 0.881. The summed E-state index contributed by atoms with van der Waals surface area (Å²) in [5.41, 5.74) is 0.769. The number of aliphatic hydroxyl groups is 1. The van der Waals surface area contributed by atoms with Crippen LogP contribution in [-0.2, 0) is 13.2 Å². The van der Waals surface area contributed by atoms with Gasteiger partial charge in [-0.25, -0.2) is 9.97 Å². The van der Waals surface area contributed by atoms with E-state index in [0.717, 1.165) is 24.5 Å². The van der Waals surface area contributed by atoms with Gasteiger partial charge in [0.2, 0.25) is 0 Å². The van der Waals surface area contributed by atoms with Crippen molar-refractivity contribution < 1.29 is 5.11 Å². The van der Waals surface area contributed by atoms with Crippen molar-refractivity contribution in [2.45, 2.75) is 20.1 Å². The van der Waals surface area contributed by atoms with Crippen LogP contribution in [0, 0.1) is 0 Å². The SMILES string of the molecule is CCN(Cc1cccs1)c1ncncc1CO. The highest BCUT2D eigenvalue weighted by molar-refractivity contribution is 7.09. The molecule has 2 heterocycles. The van der Waals surface area contributed by atoms with Gasteiger partial charge < -0.3 is 10.0 Å². The highest BCUT2D eigenvalue weighted by Gasteiger charge is 2.11. The average Bonchev–Trinajstić information content (AvgIpc) is 2.89. The summed E-state index contributed by atoms with van der Waals surface area (Å²) in [7, 11) is 0. The number of hydrogen-bond donors (Lipinski definition) is 1. The Hall–Kier alpha value is -1.46. The highest BCUT2D eigenvalue weighted by atomic mass is 32.1. The molecule has 0 aromatic carbocycles. The number of aromatic nitrogens is 2. The van der Waals surface area contributed by atoms with E-state index in [0.29, 0.717) is 0 Å². The summed E-state index contributed by atoms with van der Waals surface area (Å²) in [6.45, 7) is 3.72. The van der Waals surface area contributed by atoms with E-state index in [1.807, 2.05) is 6.07 Å². The average molecular weight is 249 g/mol. The van der Waals surface area contributed by atoms with Gasteiger partial charge in [-0.1, -0.05) is 6.07 Å². The minimum absolute atomic E-state index is 0.0306. The maximum absolute atomic E-state index is 9.28. The lowest BCUT2D eigenvalue weighted by Crippen LogP contribution is -2.24. The molecule has 0 unspecified atom stereocenters. The van der Waals surface area contributed by atoms with Gasteiger partial charge in [-0.05, 0) is 18.4 Å². The predicted molar refractivity (Wildman–Crippen MR) is 69.0 cm³/mol. The van der Waals surface area contributed by atoms with Crippen molar-refractivity contribution in [3.8, 4) is 0 Å². The van der Waals surface area contributed by atoms with E-state index in [-0.39, 0.29) is 6.61 Å². The summed E-state index contributed by atoms with van der Waals surface area (Å²) in [6.07, 6.45) is 3.19. The zero-order chi connectivity index (χ0) is 12.1. The van der Waals surface area contributed by atoms with E-state index in [1.165, 1.54) is 11.2 Å². The first-order chi connectivity index (χ1) is 8.35. The van der Waals surface area contributed by atoms with Crippen LogP contribution in [0.15, 0.2) is 30.0 Å². The Morgan fingerprint density at radius 1 is 1.47 bits per heavy atom. The van der Waals surface area contributed by atoms with E-state index in [2.05, 4.69) is 33.2 Å². The van der Waals surface area contributed by atoms with Gasteiger partial charge in [-0.3, -0.25) is 0 Å². The van der Waals surface area contributed by atoms with E-state index in [1.54, 1.807) is 17.5 Å². The monoisotopic (exact) mass is 249 g/mol. The zero-order valence-corrected chi connectivity index (χ0v) is 10.5. The van der Waals surface area contributed by atoms with Crippen molar-refractivity contribution in [2.24, 2.45) is 0 Å². The van der Waals surface area contributed by atoms with E-state index in [4.69, 9.17) is 0 Å². The molecule has 5 heteroatoms. The maximum atomic E-state index is 9.28. The van der Waals surface area contributed by atoms with Crippen molar-refractivity contribution in [3.63, 3.8) is 0 Å². The van der Waals surface area contributed by atoms with Gasteiger partial charge in [0.15, 0.2) is 0 Å². The van der Waals surface area contributed by atoms with E-state index in [9.17, 15) is 5.11 Å². The lowest BCUT2D eigenvalue weighted by molar-refractivity contribution is 0.281. The third kappa shape index (κ3) is 2.81. The fraction of sp³-hybridized carbons (Fsp3) is 0.333. The first-order valence-electron chi connectivity index (χ1n) is 5.52. The van der Waals surface area contributed by atoms with Crippen LogP contribution in [0.5, 0.6) is 0 Å². The topological polar surface area (TPSA) is 49.2 Å². The molecule has 2 aromatic rings. The minimum Gasteiger partial charge on any atom is -0.391 e. The van der Waals surface area contributed by atoms with E-state index >= 15 is 0 Å². The largest absolute Gasteiger partial charge is 0.391 e. The Morgan fingerprint density at radius 2 is 2.35 bits per heavy atom. The molecule has 2 rings (SSSR count). The number of rotatable bonds is 5. The minimum atomic E-state index is -0.0306. The van der Waals surface area contributed by atoms with Crippen molar-refractivity contribution >= 4 is 17.2 Å². The third-order valence-corrected chi connectivity index (χ3v) is 3.40. The Bertz CT molecular complexity index is 459. The molecule has 0 fully saturated rings. The van der Waals surface area contributed by atoms with Gasteiger partial charge in [0.1, 0.15) is 12.1 Å². The summed E-state index contributed by atoms with van der Waals surface area (Å²) >= 11 is 1.73. The summed E-state index contributed by atoms with van der Waals surface area (Å²) in [5.74, 6) is 0.818. The first-order valence-corrected chi connectivity index (χ1v) is 6.40. The van der Waals surface area contributed by atoms with Gasteiger partial charge in [0.25, 0.3) is 0 Å². The summed E-state index contributed by atoms with van der Waals surface area (Å²) in [4.78, 5) is 11.6. The fourth-order valence-electron chi connectivity index (χ4n) is 1.68. The Morgan fingerprint density at radius 3 is 3.00 bits per heavy atom. The second-order valence-electron chi connectivity index (χ2n) is 3.62. The maximum Gasteiger partial charge on any atom is 0.137 e. The third-order valence-electron chi connectivity index (χ3n) is 2.54. The Balaban J connectivity index is 2.22. The molecule has 17 heavy (non-hydrogen) atoms. The Labute approximate surface area is 105 Å². The molecular formula is C12H15N3OS. The molecule has 0 aliphatic rings. The molecule has 0 amide bonds. The normalized spacial score (nSPS) is 10.5. The molecule has 4 nitrogen and oxygen atoms in total. The molecule has 0 aliphatic heterocycles. The lowest BCUT2D eigenvalue weighted by atomic mass is 10.3. The smallest absolute Gasteiger partial charge is 0.137 e. The number of nitrogens with zero attached hydrogens (tertiary/aromatic N) is 3. The number of aliphatic hydroxyl groups excluding tert-OH is 1. The van der Waals surface area contributed by atoms with Gasteiger partial charge in [-0.15, -0.1) is 11.3 Å². The van der Waals surface area contributed by atoms with Crippen LogP contribution in [0.2, 0.25) is 0 Å². The summed E-state index contributed by atoms with van der Waals surface area (Å²) < 4.78 is 0. The van der Waals surface area contributed by atoms with Gasteiger partial charge in [0, 0.05) is 23.2 Å². The molecule has 0 saturated carbocycles. The molecule has 0 radical (unpaired) electrons. The van der Waals surface area contributed by atoms with E-state index < -0.39 is 0 Å². The molecule has 0 atom stereocenters. The predicted octanol–water partition coefficient (Wildman–Crippen LogP) is 2.06. The van der Waals surface area contributed by atoms with Crippen LogP contribution in [-0.4, -0.2) is 21.6 Å². The molecule has 90 valence electrons. The van der Waals surface area contributed by atoms with Gasteiger partial charge in [-0.2, -0.15) is 0 Å².